The van der Waals surface area contributed by atoms with Gasteiger partial charge in [0.1, 0.15) is 72.9 Å². The zero-order valence-electron chi connectivity index (χ0n) is 75.2. The maximum absolute atomic E-state index is 12.6. The van der Waals surface area contributed by atoms with Crippen LogP contribution in [0.1, 0.15) is 136 Å². The minimum absolute atomic E-state index is 0. The molecule has 6 aromatic carbocycles. The van der Waals surface area contributed by atoms with Crippen molar-refractivity contribution in [3.63, 3.8) is 0 Å². The Labute approximate surface area is 810 Å². The van der Waals surface area contributed by atoms with Gasteiger partial charge in [0, 0.05) is 24.3 Å². The van der Waals surface area contributed by atoms with Gasteiger partial charge in [-0.05, 0) is 162 Å². The number of carboxylic acids is 2. The molecule has 0 radical (unpaired) electrons. The summed E-state index contributed by atoms with van der Waals surface area (Å²) in [5, 5.41) is 37.2. The second kappa shape index (κ2) is 60.3. The van der Waals surface area contributed by atoms with Crippen molar-refractivity contribution in [3.8, 4) is 93.6 Å². The Morgan fingerprint density at radius 2 is 0.682 bits per heavy atom. The molecule has 3 aliphatic carbocycles. The third-order valence-corrected chi connectivity index (χ3v) is 17.1. The van der Waals surface area contributed by atoms with Gasteiger partial charge in [0.2, 0.25) is 11.8 Å². The number of aliphatic carboxylic acids is 2. The number of rotatable bonds is 23. The number of carbonyl (C=O) groups excluding carboxylic acids is 10. The van der Waals surface area contributed by atoms with Crippen molar-refractivity contribution in [3.05, 3.63) is 192 Å². The third kappa shape index (κ3) is 41.9. The van der Waals surface area contributed by atoms with E-state index in [1.165, 1.54) is 27.9 Å². The average Bonchev–Trinajstić information content (AvgIpc) is 1.63. The number of esters is 2. The molecule has 8 amide bonds. The average molecular weight is 1840 g/mol. The first-order chi connectivity index (χ1) is 59.5. The van der Waals surface area contributed by atoms with E-state index in [0.29, 0.717) is 0 Å². The van der Waals surface area contributed by atoms with E-state index in [1.807, 2.05) is 157 Å². The Bertz CT molecular complexity index is 4900. The number of halogens is 2. The SMILES string of the molecule is COC(=O)[C@@H](CNC(=O)OC(C)(C)C)NC(=O)[C@H](C)NC(=O)OCC1c2ccccc2-c2ccccc21.COC(=O)[C@H](N)CNC(=O)OC(C)(C)C.C[C@H](NC(=O)OCC1c2ccccc2-c2ccccc21)C(=O)N[C@H](CNC(=O)OC(C)(C)C)C(=O)O.C[C@H](NC(=O)OCC1c2ccccc2-c2ccccc21)C(=O)O.Cl.[2H]CF.[C-]#CC#CC#C.[C-]#CC#CC#C.[Ca+2].[Na+].[OH-]. The van der Waals surface area contributed by atoms with Gasteiger partial charge in [-0.3, -0.25) is 35.4 Å². The molecule has 9 rings (SSSR count). The smallest absolute Gasteiger partial charge is 0.870 e. The van der Waals surface area contributed by atoms with Crippen LogP contribution in [0.25, 0.3) is 33.4 Å². The molecular formula is C93H106CaClFN9NaO23. The molecule has 6 atom stereocenters. The Morgan fingerprint density at radius 1 is 0.434 bits per heavy atom. The van der Waals surface area contributed by atoms with E-state index in [0.717, 1.165) is 73.9 Å². The quantitative estimate of drug-likeness (QED) is 0.0101. The molecule has 32 nitrogen and oxygen atoms in total. The first-order valence-electron chi connectivity index (χ1n) is 39.1. The van der Waals surface area contributed by atoms with Gasteiger partial charge in [-0.1, -0.05) is 146 Å². The summed E-state index contributed by atoms with van der Waals surface area (Å²) in [7, 11) is 1.39. The van der Waals surface area contributed by atoms with E-state index in [2.05, 4.69) is 95.9 Å². The number of hydrogen-bond acceptors (Lipinski definition) is 22. The fraction of sp³-hybridized carbons (Fsp3) is 0.355. The second-order valence-electron chi connectivity index (χ2n) is 29.7. The zero-order chi connectivity index (χ0) is 94.4. The molecule has 0 heterocycles. The summed E-state index contributed by atoms with van der Waals surface area (Å²) in [4.78, 5) is 142. The first kappa shape index (κ1) is 117. The van der Waals surface area contributed by atoms with Gasteiger partial charge in [0.15, 0.2) is 0 Å². The van der Waals surface area contributed by atoms with Crippen molar-refractivity contribution in [2.24, 2.45) is 5.73 Å². The van der Waals surface area contributed by atoms with Crippen molar-refractivity contribution in [2.75, 3.05) is 60.8 Å². The topological polar surface area (TPSA) is 471 Å². The number of fused-ring (bicyclic) bond motifs is 9. The fourth-order valence-electron chi connectivity index (χ4n) is 11.6. The summed E-state index contributed by atoms with van der Waals surface area (Å²) < 4.78 is 55.9. The summed E-state index contributed by atoms with van der Waals surface area (Å²) in [5.74, 6) is 10.8. The van der Waals surface area contributed by atoms with Gasteiger partial charge in [0.05, 0.1) is 35.8 Å². The van der Waals surface area contributed by atoms with Crippen LogP contribution in [0.2, 0.25) is 0 Å². The predicted octanol–water partition coefficient (Wildman–Crippen LogP) is 6.99. The normalized spacial score (nSPS) is 12.3. The number of terminal acetylenes is 2. The monoisotopic (exact) mass is 1830 g/mol. The molecule has 36 heteroatoms. The van der Waals surface area contributed by atoms with E-state index in [4.69, 9.17) is 58.2 Å². The van der Waals surface area contributed by atoms with Gasteiger partial charge in [-0.15, -0.1) is 37.1 Å². The first-order valence-corrected chi connectivity index (χ1v) is 38.4. The summed E-state index contributed by atoms with van der Waals surface area (Å²) in [6.45, 7) is 19.2. The molecule has 13 N–H and O–H groups in total. The maximum atomic E-state index is 12.6. The molecular weight excluding hydrogens is 1730 g/mol. The number of alkyl halides is 1. The Kier molecular flexibility index (Phi) is 54.5. The van der Waals surface area contributed by atoms with Gasteiger partial charge in [0.25, 0.3) is 0 Å². The number of carbonyl (C=O) groups is 12. The van der Waals surface area contributed by atoms with Crippen LogP contribution in [-0.4, -0.2) is 240 Å². The second-order valence-corrected chi connectivity index (χ2v) is 29.7. The molecule has 0 aliphatic heterocycles. The minimum Gasteiger partial charge on any atom is -0.870 e. The van der Waals surface area contributed by atoms with E-state index >= 15 is 0 Å². The van der Waals surface area contributed by atoms with Gasteiger partial charge < -0.3 is 115 Å². The van der Waals surface area contributed by atoms with E-state index in [9.17, 15) is 67.0 Å². The molecule has 0 fully saturated rings. The summed E-state index contributed by atoms with van der Waals surface area (Å²) >= 11 is 0. The number of benzene rings is 6. The van der Waals surface area contributed by atoms with Gasteiger partial charge in [-0.2, -0.15) is 0 Å². The van der Waals surface area contributed by atoms with E-state index < -0.39 is 139 Å². The molecule has 0 aromatic heterocycles. The number of amides is 8. The summed E-state index contributed by atoms with van der Waals surface area (Å²) in [6, 6.07) is 41.2. The fourth-order valence-corrected chi connectivity index (χ4v) is 11.6. The number of ether oxygens (including phenoxy) is 8. The largest absolute Gasteiger partial charge is 2.00 e. The van der Waals surface area contributed by atoms with Crippen LogP contribution < -0.4 is 77.8 Å². The molecule has 0 bridgehead atoms. The van der Waals surface area contributed by atoms with Crippen LogP contribution in [0.15, 0.2) is 146 Å². The Hall–Kier alpha value is -12.5. The molecule has 0 spiro atoms. The molecule has 0 unspecified atom stereocenters. The van der Waals surface area contributed by atoms with Crippen LogP contribution in [0.3, 0.4) is 0 Å². The number of carboxylic acid groups (broad SMARTS) is 2. The molecule has 0 saturated carbocycles. The van der Waals surface area contributed by atoms with Gasteiger partial charge in [-0.25, -0.2) is 50.2 Å². The summed E-state index contributed by atoms with van der Waals surface area (Å²) in [6.07, 6.45) is 17.2. The predicted molar refractivity (Wildman–Crippen MR) is 476 cm³/mol. The van der Waals surface area contributed by atoms with Crippen molar-refractivity contribution in [1.82, 2.24) is 42.5 Å². The molecule has 0 saturated heterocycles. The molecule has 6 aromatic rings. The standard InChI is InChI=1S/C27H33N3O7.C26H31N3O7.C18H17NO4.C9H18N2O4.2C6H.CH3F.Ca.ClH.Na.H2O/c1-16(23(31)30-22(24(32)35-5)14-28-25(33)37-27(2,3)4)29-26(34)36-15-21-19-12-8-6-10-17(19)18-11-7-9-13-20(18)21;1-15(22(30)29-21(23(31)32)13-27-24(33)36-26(2,3)4)28-25(34)35-14-20-18-11-7-5-9-16(18)17-10-6-8-12-19(17)20;1-11(17(20)21)19-18(22)23-10-16-14-8-4-2-6-12(14)13-7-3-5-9-15(13)16;1-9(2,3)15-8(13)11-5-6(10)7(12)14-4;2*1-3-5-6-4-2;1-2;;;;/h6-13,16,21-22H,14-15H2,1-5H3,(H,28,33)(H,29,34)(H,30,31);5-12,15,20-21H,13-14H2,1-4H3,(H,27,33)(H,28,34)(H,29,30)(H,31,32);2-9,11,16H,10H2,1H3,(H,19,22)(H,20,21);6H,5,10H2,1-4H3,(H,11,13);2*1H;1H3;;1H;;1H2/q;;;;2*-1;;+2;;+1;/p-1/t16-,22+;15-,21+;11-;6-;;;;;;;/m0001......./s1/i;;;;;;1D;;;;. The number of alkyl carbamates (subject to hydrolysis) is 6. The van der Waals surface area contributed by atoms with Crippen LogP contribution in [0.5, 0.6) is 0 Å². The van der Waals surface area contributed by atoms with Crippen molar-refractivity contribution in [2.45, 2.75) is 154 Å². The minimum atomic E-state index is -1.42. The number of methoxy groups -OCH3 is 2. The Morgan fingerprint density at radius 3 is 0.915 bits per heavy atom. The maximum Gasteiger partial charge on any atom is 2.00 e. The van der Waals surface area contributed by atoms with Crippen LogP contribution in [0, 0.1) is 73.1 Å². The molecule has 3 aliphatic rings. The van der Waals surface area contributed by atoms with Gasteiger partial charge >= 0.3 is 128 Å². The van der Waals surface area contributed by atoms with Crippen LogP contribution in [-0.2, 0) is 66.7 Å². The molecule has 129 heavy (non-hydrogen) atoms. The zero-order valence-corrected chi connectivity index (χ0v) is 79.3. The van der Waals surface area contributed by atoms with E-state index in [-0.39, 0.29) is 136 Å². The third-order valence-electron chi connectivity index (χ3n) is 17.1. The van der Waals surface area contributed by atoms with Crippen molar-refractivity contribution >= 4 is 122 Å². The Balaban J connectivity index is 0. The number of nitrogens with two attached hydrogens (primary N) is 1. The van der Waals surface area contributed by atoms with E-state index in [1.54, 1.807) is 62.3 Å². The van der Waals surface area contributed by atoms with Crippen molar-refractivity contribution in [1.29, 1.82) is 0 Å². The number of hydrogen-bond donors (Lipinski definition) is 11. The number of nitrogens with one attached hydrogen (secondary N) is 8. The van der Waals surface area contributed by atoms with Crippen LogP contribution >= 0.6 is 12.4 Å². The van der Waals surface area contributed by atoms with Crippen molar-refractivity contribution < 1.29 is 146 Å². The molecule has 678 valence electrons. The van der Waals surface area contributed by atoms with Crippen LogP contribution in [0.4, 0.5) is 33.2 Å². The summed E-state index contributed by atoms with van der Waals surface area (Å²) in [5.41, 5.74) is 16.5.